The van der Waals surface area contributed by atoms with Gasteiger partial charge in [-0.15, -0.1) is 0 Å². The van der Waals surface area contributed by atoms with Crippen molar-refractivity contribution in [3.63, 3.8) is 0 Å². The number of nitrogens with zero attached hydrogens (tertiary/aromatic N) is 2. The monoisotopic (exact) mass is 395 g/mol. The number of aromatic amines is 1. The molecule has 0 amide bonds. The molecule has 0 bridgehead atoms. The average molecular weight is 395 g/mol. The van der Waals surface area contributed by atoms with Gasteiger partial charge in [-0.2, -0.15) is 4.98 Å². The van der Waals surface area contributed by atoms with Crippen molar-refractivity contribution < 1.29 is 22.9 Å². The highest BCUT2D eigenvalue weighted by molar-refractivity contribution is 7.49. The smallest absolute Gasteiger partial charge is 0.404 e. The van der Waals surface area contributed by atoms with Crippen LogP contribution in [0.1, 0.15) is 25.3 Å². The van der Waals surface area contributed by atoms with E-state index in [1.54, 1.807) is 19.1 Å². The van der Waals surface area contributed by atoms with Crippen molar-refractivity contribution in [3.8, 4) is 5.75 Å². The molecular formula is C16H18N3O7P. The highest BCUT2D eigenvalue weighted by Gasteiger charge is 2.41. The van der Waals surface area contributed by atoms with Gasteiger partial charge in [0, 0.05) is 5.56 Å². The Morgan fingerprint density at radius 3 is 3.04 bits per heavy atom. The lowest BCUT2D eigenvalue weighted by Gasteiger charge is -2.28. The second kappa shape index (κ2) is 6.72. The number of nitrogens with one attached hydrogen (secondary N) is 1. The fourth-order valence-corrected chi connectivity index (χ4v) is 4.37. The minimum atomic E-state index is -3.74. The standard InChI is InChI=1S/C16H18N3O7P/c1-16(19-10-17-14(20)18-15(19)21)7-6-12(25-16)9-24-27(22)23-8-11-4-2-3-5-13(11)26-27/h2-5,10,12H,6-9H2,1H3,(H,18,20,21)/t12-,16+,27?/m0/s1. The van der Waals surface area contributed by atoms with Gasteiger partial charge < -0.3 is 9.26 Å². The minimum Gasteiger partial charge on any atom is -0.404 e. The fraction of sp³-hybridized carbons (Fsp3) is 0.438. The molecule has 1 N–H and O–H groups in total. The van der Waals surface area contributed by atoms with Gasteiger partial charge in [0.1, 0.15) is 17.8 Å². The Morgan fingerprint density at radius 1 is 1.41 bits per heavy atom. The van der Waals surface area contributed by atoms with E-state index in [2.05, 4.69) is 9.97 Å². The van der Waals surface area contributed by atoms with Crippen LogP contribution in [0.5, 0.6) is 5.75 Å². The molecule has 2 aromatic rings. The van der Waals surface area contributed by atoms with Crippen LogP contribution in [-0.4, -0.2) is 27.2 Å². The fourth-order valence-electron chi connectivity index (χ4n) is 3.13. The summed E-state index contributed by atoms with van der Waals surface area (Å²) in [5.41, 5.74) is -1.52. The quantitative estimate of drug-likeness (QED) is 0.774. The maximum Gasteiger partial charge on any atom is 0.530 e. The number of benzene rings is 1. The number of hydrogen-bond acceptors (Lipinski definition) is 8. The molecule has 0 spiro atoms. The third-order valence-corrected chi connectivity index (χ3v) is 5.89. The molecule has 0 radical (unpaired) electrons. The predicted molar refractivity (Wildman–Crippen MR) is 92.3 cm³/mol. The van der Waals surface area contributed by atoms with Crippen LogP contribution >= 0.6 is 7.82 Å². The van der Waals surface area contributed by atoms with Crippen molar-refractivity contribution in [1.82, 2.24) is 14.5 Å². The summed E-state index contributed by atoms with van der Waals surface area (Å²) in [4.78, 5) is 28.8. The molecular weight excluding hydrogens is 377 g/mol. The minimum absolute atomic E-state index is 0.0272. The summed E-state index contributed by atoms with van der Waals surface area (Å²) in [5, 5.41) is 0. The number of aromatic nitrogens is 3. The van der Waals surface area contributed by atoms with E-state index in [4.69, 9.17) is 18.3 Å². The van der Waals surface area contributed by atoms with E-state index in [0.29, 0.717) is 18.6 Å². The van der Waals surface area contributed by atoms with Gasteiger partial charge in [0.15, 0.2) is 0 Å². The lowest BCUT2D eigenvalue weighted by molar-refractivity contribution is -0.101. The Labute approximate surface area is 153 Å². The van der Waals surface area contributed by atoms with E-state index in [0.717, 1.165) is 11.9 Å². The van der Waals surface area contributed by atoms with E-state index in [1.165, 1.54) is 4.57 Å². The average Bonchev–Trinajstić information content (AvgIpc) is 3.02. The largest absolute Gasteiger partial charge is 0.530 e. The highest BCUT2D eigenvalue weighted by atomic mass is 31.2. The number of fused-ring (bicyclic) bond motifs is 1. The van der Waals surface area contributed by atoms with Gasteiger partial charge >= 0.3 is 19.2 Å². The van der Waals surface area contributed by atoms with Crippen LogP contribution in [0.2, 0.25) is 0 Å². The van der Waals surface area contributed by atoms with E-state index in [9.17, 15) is 14.2 Å². The van der Waals surface area contributed by atoms with Crippen molar-refractivity contribution in [2.75, 3.05) is 6.61 Å². The van der Waals surface area contributed by atoms with Gasteiger partial charge in [0.05, 0.1) is 19.3 Å². The van der Waals surface area contributed by atoms with Gasteiger partial charge in [-0.25, -0.2) is 14.2 Å². The van der Waals surface area contributed by atoms with Crippen LogP contribution < -0.4 is 15.9 Å². The number of phosphoric ester groups is 1. The molecule has 2 aliphatic heterocycles. The highest BCUT2D eigenvalue weighted by Crippen LogP contribution is 2.54. The van der Waals surface area contributed by atoms with E-state index in [1.807, 2.05) is 12.1 Å². The molecule has 1 fully saturated rings. The van der Waals surface area contributed by atoms with Crippen molar-refractivity contribution >= 4 is 7.82 Å². The topological polar surface area (TPSA) is 122 Å². The number of hydrogen-bond donors (Lipinski definition) is 1. The number of phosphoric acid groups is 1. The van der Waals surface area contributed by atoms with Gasteiger partial charge in [0.2, 0.25) is 0 Å². The van der Waals surface area contributed by atoms with Gasteiger partial charge in [-0.05, 0) is 25.8 Å². The van der Waals surface area contributed by atoms with Gasteiger partial charge in [0.25, 0.3) is 0 Å². The molecule has 1 unspecified atom stereocenters. The van der Waals surface area contributed by atoms with Crippen LogP contribution in [0.15, 0.2) is 40.2 Å². The second-order valence-electron chi connectivity index (χ2n) is 6.52. The zero-order valence-corrected chi connectivity index (χ0v) is 15.4. The third kappa shape index (κ3) is 3.61. The Hall–Kier alpha value is -2.26. The molecule has 10 nitrogen and oxygen atoms in total. The first-order chi connectivity index (χ1) is 12.9. The molecule has 1 saturated heterocycles. The molecule has 4 rings (SSSR count). The Balaban J connectivity index is 1.41. The number of para-hydroxylation sites is 1. The molecule has 11 heteroatoms. The van der Waals surface area contributed by atoms with E-state index < -0.39 is 31.0 Å². The normalized spacial score (nSPS) is 29.9. The summed E-state index contributed by atoms with van der Waals surface area (Å²) in [5.74, 6) is 0.468. The molecule has 0 saturated carbocycles. The molecule has 2 aliphatic rings. The van der Waals surface area contributed by atoms with Crippen molar-refractivity contribution in [1.29, 1.82) is 0 Å². The van der Waals surface area contributed by atoms with Crippen molar-refractivity contribution in [2.45, 2.75) is 38.2 Å². The lowest BCUT2D eigenvalue weighted by atomic mass is 10.1. The predicted octanol–water partition coefficient (Wildman–Crippen LogP) is 1.52. The van der Waals surface area contributed by atoms with Gasteiger partial charge in [-0.3, -0.25) is 18.6 Å². The molecule has 1 aromatic heterocycles. The molecule has 3 heterocycles. The molecule has 144 valence electrons. The number of H-pyrrole nitrogens is 1. The summed E-state index contributed by atoms with van der Waals surface area (Å²) in [7, 11) is -3.74. The van der Waals surface area contributed by atoms with Crippen LogP contribution in [0, 0.1) is 0 Å². The second-order valence-corrected chi connectivity index (χ2v) is 8.11. The maximum absolute atomic E-state index is 12.6. The third-order valence-electron chi connectivity index (χ3n) is 4.56. The first-order valence-electron chi connectivity index (χ1n) is 8.40. The van der Waals surface area contributed by atoms with Crippen molar-refractivity contribution in [3.05, 3.63) is 57.1 Å². The Bertz CT molecular complexity index is 1020. The number of ether oxygens (including phenoxy) is 1. The Morgan fingerprint density at radius 2 is 2.22 bits per heavy atom. The van der Waals surface area contributed by atoms with Gasteiger partial charge in [-0.1, -0.05) is 18.2 Å². The lowest BCUT2D eigenvalue weighted by Crippen LogP contribution is -2.43. The molecule has 0 aliphatic carbocycles. The number of rotatable bonds is 4. The molecule has 3 atom stereocenters. The summed E-state index contributed by atoms with van der Waals surface area (Å²) in [6.45, 7) is 1.82. The first-order valence-corrected chi connectivity index (χ1v) is 9.86. The summed E-state index contributed by atoms with van der Waals surface area (Å²) < 4.78 is 35.9. The van der Waals surface area contributed by atoms with E-state index in [-0.39, 0.29) is 13.2 Å². The summed E-state index contributed by atoms with van der Waals surface area (Å²) in [6, 6.07) is 7.13. The van der Waals surface area contributed by atoms with Crippen LogP contribution in [0.25, 0.3) is 0 Å². The summed E-state index contributed by atoms with van der Waals surface area (Å²) >= 11 is 0. The zero-order chi connectivity index (χ0) is 19.1. The summed E-state index contributed by atoms with van der Waals surface area (Å²) in [6.07, 6.45) is 1.77. The van der Waals surface area contributed by atoms with Crippen LogP contribution in [-0.2, 0) is 30.7 Å². The maximum atomic E-state index is 12.6. The zero-order valence-electron chi connectivity index (χ0n) is 14.5. The molecule has 27 heavy (non-hydrogen) atoms. The first kappa shape index (κ1) is 18.1. The van der Waals surface area contributed by atoms with Crippen LogP contribution in [0.3, 0.4) is 0 Å². The SMILES string of the molecule is C[C@]1(n2cnc(=O)[nH]c2=O)CC[C@@H](COP2(=O)OCc3ccccc3O2)O1. The Kier molecular flexibility index (Phi) is 4.51. The van der Waals surface area contributed by atoms with Crippen LogP contribution in [0.4, 0.5) is 0 Å². The molecule has 1 aromatic carbocycles. The van der Waals surface area contributed by atoms with E-state index >= 15 is 0 Å². The van der Waals surface area contributed by atoms with Crippen molar-refractivity contribution in [2.24, 2.45) is 0 Å².